The van der Waals surface area contributed by atoms with Gasteiger partial charge < -0.3 is 43.4 Å². The van der Waals surface area contributed by atoms with Crippen LogP contribution in [0.25, 0.3) is 0 Å². The number of nitrogens with one attached hydrogen (secondary N) is 3. The molecule has 11 N–H and O–H groups in total. The van der Waals surface area contributed by atoms with Gasteiger partial charge >= 0.3 is 5.97 Å². The van der Waals surface area contributed by atoms with Crippen molar-refractivity contribution >= 4 is 47.3 Å². The number of aliphatic hydroxyl groups is 1. The van der Waals surface area contributed by atoms with Crippen LogP contribution >= 0.6 is 11.8 Å². The molecule has 14 nitrogen and oxygen atoms in total. The number of carbonyl (C=O) groups excluding carboxylic acids is 5. The molecule has 0 bridgehead atoms. The molecule has 5 unspecified atom stereocenters. The van der Waals surface area contributed by atoms with Gasteiger partial charge in [0.05, 0.1) is 25.0 Å². The van der Waals surface area contributed by atoms with E-state index in [2.05, 4.69) is 10.6 Å². The number of aliphatic hydroxyl groups excluding tert-OH is 1. The van der Waals surface area contributed by atoms with E-state index in [-0.39, 0.29) is 6.42 Å². The van der Waals surface area contributed by atoms with Gasteiger partial charge in [0, 0.05) is 0 Å². The predicted octanol–water partition coefficient (Wildman–Crippen LogP) is -4.26. The number of rotatable bonds is 15. The Morgan fingerprint density at radius 1 is 0.875 bits per heavy atom. The Balaban J connectivity index is 5.40. The molecule has 32 heavy (non-hydrogen) atoms. The summed E-state index contributed by atoms with van der Waals surface area (Å²) < 4.78 is 0. The molecular formula is C17H30N6O8S. The normalized spacial score (nSPS) is 15.4. The van der Waals surface area contributed by atoms with E-state index in [1.807, 2.05) is 5.32 Å². The summed E-state index contributed by atoms with van der Waals surface area (Å²) in [5.41, 5.74) is 15.5. The van der Waals surface area contributed by atoms with Gasteiger partial charge in [-0.3, -0.25) is 24.0 Å². The van der Waals surface area contributed by atoms with Crippen molar-refractivity contribution in [3.8, 4) is 0 Å². The van der Waals surface area contributed by atoms with Crippen LogP contribution in [0.1, 0.15) is 26.2 Å². The zero-order chi connectivity index (χ0) is 25.0. The number of carboxylic acid groups (broad SMARTS) is 1. The fourth-order valence-electron chi connectivity index (χ4n) is 2.41. The Kier molecular flexibility index (Phi) is 12.9. The SMILES string of the molecule is CSCCC(NC(=O)C(N)CC(N)=O)C(=O)NC(C(=O)NC(CC(N)=O)C(=O)O)C(C)O. The van der Waals surface area contributed by atoms with Gasteiger partial charge in [-0.05, 0) is 25.4 Å². The lowest BCUT2D eigenvalue weighted by Crippen LogP contribution is -2.60. The average molecular weight is 479 g/mol. The van der Waals surface area contributed by atoms with E-state index in [1.165, 1.54) is 18.7 Å². The predicted molar refractivity (Wildman–Crippen MR) is 114 cm³/mol. The van der Waals surface area contributed by atoms with Gasteiger partial charge in [-0.1, -0.05) is 0 Å². The minimum atomic E-state index is -1.67. The van der Waals surface area contributed by atoms with Gasteiger partial charge in [-0.2, -0.15) is 11.8 Å². The van der Waals surface area contributed by atoms with Crippen LogP contribution in [-0.4, -0.2) is 88.0 Å². The third-order valence-corrected chi connectivity index (χ3v) is 4.73. The molecule has 0 aliphatic rings. The maximum Gasteiger partial charge on any atom is 0.326 e. The highest BCUT2D eigenvalue weighted by Crippen LogP contribution is 2.05. The van der Waals surface area contributed by atoms with Crippen LogP contribution in [0.15, 0.2) is 0 Å². The Morgan fingerprint density at radius 3 is 1.84 bits per heavy atom. The van der Waals surface area contributed by atoms with Gasteiger partial charge in [-0.15, -0.1) is 0 Å². The summed E-state index contributed by atoms with van der Waals surface area (Å²) in [6, 6.07) is -5.75. The molecule has 0 fully saturated rings. The van der Waals surface area contributed by atoms with Gasteiger partial charge in [-0.25, -0.2) is 4.79 Å². The van der Waals surface area contributed by atoms with Crippen LogP contribution in [0.4, 0.5) is 0 Å². The molecule has 5 amide bonds. The number of hydrogen-bond acceptors (Lipinski definition) is 9. The number of nitrogens with two attached hydrogens (primary N) is 3. The lowest BCUT2D eigenvalue weighted by molar-refractivity contribution is -0.144. The van der Waals surface area contributed by atoms with Crippen LogP contribution < -0.4 is 33.2 Å². The van der Waals surface area contributed by atoms with E-state index >= 15 is 0 Å². The molecule has 0 aromatic carbocycles. The summed E-state index contributed by atoms with van der Waals surface area (Å²) in [5.74, 6) is -5.68. The standard InChI is InChI=1S/C17H30N6O8S/c1-7(24)13(16(29)22-10(17(30)31)6-12(20)26)23-15(28)9(3-4-32-2)21-14(27)8(18)5-11(19)25/h7-10,13,24H,3-6,18H2,1-2H3,(H2,19,25)(H2,20,26)(H,21,27)(H,22,29)(H,23,28)(H,30,31). The van der Waals surface area contributed by atoms with Crippen molar-refractivity contribution in [1.29, 1.82) is 0 Å². The van der Waals surface area contributed by atoms with E-state index in [0.717, 1.165) is 0 Å². The second-order valence-electron chi connectivity index (χ2n) is 6.92. The second-order valence-corrected chi connectivity index (χ2v) is 7.90. The molecule has 0 radical (unpaired) electrons. The number of primary amides is 2. The molecule has 0 saturated carbocycles. The number of carboxylic acids is 1. The van der Waals surface area contributed by atoms with Crippen molar-refractivity contribution in [2.45, 2.75) is 56.5 Å². The molecule has 0 heterocycles. The van der Waals surface area contributed by atoms with Crippen molar-refractivity contribution < 1.29 is 39.0 Å². The van der Waals surface area contributed by atoms with E-state index in [0.29, 0.717) is 5.75 Å². The van der Waals surface area contributed by atoms with Crippen LogP contribution in [0, 0.1) is 0 Å². The number of thioether (sulfide) groups is 1. The van der Waals surface area contributed by atoms with E-state index in [4.69, 9.17) is 22.3 Å². The Morgan fingerprint density at radius 2 is 1.41 bits per heavy atom. The zero-order valence-electron chi connectivity index (χ0n) is 17.7. The summed E-state index contributed by atoms with van der Waals surface area (Å²) in [5, 5.41) is 25.6. The van der Waals surface area contributed by atoms with Crippen molar-refractivity contribution in [2.24, 2.45) is 17.2 Å². The summed E-state index contributed by atoms with van der Waals surface area (Å²) in [4.78, 5) is 70.4. The fourth-order valence-corrected chi connectivity index (χ4v) is 2.89. The minimum Gasteiger partial charge on any atom is -0.480 e. The Labute approximate surface area is 188 Å². The number of aliphatic carboxylic acids is 1. The maximum atomic E-state index is 12.7. The molecule has 15 heteroatoms. The van der Waals surface area contributed by atoms with E-state index in [9.17, 15) is 33.9 Å². The summed E-state index contributed by atoms with van der Waals surface area (Å²) in [6.45, 7) is 1.17. The fraction of sp³-hybridized carbons (Fsp3) is 0.647. The number of carbonyl (C=O) groups is 6. The smallest absolute Gasteiger partial charge is 0.326 e. The summed E-state index contributed by atoms with van der Waals surface area (Å²) in [7, 11) is 0. The molecule has 0 saturated heterocycles. The molecule has 0 aromatic heterocycles. The molecule has 5 atom stereocenters. The lowest BCUT2D eigenvalue weighted by atomic mass is 10.1. The topological polar surface area (TPSA) is 257 Å². The largest absolute Gasteiger partial charge is 0.480 e. The maximum absolute atomic E-state index is 12.7. The molecule has 0 aromatic rings. The summed E-state index contributed by atoms with van der Waals surface area (Å²) >= 11 is 1.37. The van der Waals surface area contributed by atoms with Crippen LogP contribution in [0.3, 0.4) is 0 Å². The van der Waals surface area contributed by atoms with Gasteiger partial charge in [0.25, 0.3) is 0 Å². The molecule has 0 spiro atoms. The van der Waals surface area contributed by atoms with Gasteiger partial charge in [0.15, 0.2) is 0 Å². The quantitative estimate of drug-likeness (QED) is 0.112. The third kappa shape index (κ3) is 10.9. The second kappa shape index (κ2) is 14.2. The first-order valence-corrected chi connectivity index (χ1v) is 10.8. The highest BCUT2D eigenvalue weighted by atomic mass is 32.2. The van der Waals surface area contributed by atoms with E-state index < -0.39 is 78.6 Å². The van der Waals surface area contributed by atoms with Gasteiger partial charge in [0.2, 0.25) is 29.5 Å². The first-order valence-electron chi connectivity index (χ1n) is 9.43. The molecular weight excluding hydrogens is 448 g/mol. The van der Waals surface area contributed by atoms with Crippen LogP contribution in [-0.2, 0) is 28.8 Å². The highest BCUT2D eigenvalue weighted by Gasteiger charge is 2.33. The monoisotopic (exact) mass is 478 g/mol. The number of amides is 5. The molecule has 0 aliphatic heterocycles. The minimum absolute atomic E-state index is 0.121. The van der Waals surface area contributed by atoms with Crippen molar-refractivity contribution in [3.63, 3.8) is 0 Å². The van der Waals surface area contributed by atoms with Crippen molar-refractivity contribution in [1.82, 2.24) is 16.0 Å². The molecule has 0 rings (SSSR count). The molecule has 182 valence electrons. The molecule has 0 aliphatic carbocycles. The van der Waals surface area contributed by atoms with Crippen molar-refractivity contribution in [3.05, 3.63) is 0 Å². The zero-order valence-corrected chi connectivity index (χ0v) is 18.5. The summed E-state index contributed by atoms with van der Waals surface area (Å²) in [6.07, 6.45) is -0.734. The Hall–Kier alpha value is -2.91. The average Bonchev–Trinajstić information content (AvgIpc) is 2.66. The van der Waals surface area contributed by atoms with Crippen LogP contribution in [0.5, 0.6) is 0 Å². The third-order valence-electron chi connectivity index (χ3n) is 4.08. The first-order chi connectivity index (χ1) is 14.8. The first kappa shape index (κ1) is 29.1. The highest BCUT2D eigenvalue weighted by molar-refractivity contribution is 7.98. The van der Waals surface area contributed by atoms with Crippen LogP contribution in [0.2, 0.25) is 0 Å². The van der Waals surface area contributed by atoms with E-state index in [1.54, 1.807) is 6.26 Å². The number of hydrogen-bond donors (Lipinski definition) is 8. The lowest BCUT2D eigenvalue weighted by Gasteiger charge is -2.26. The van der Waals surface area contributed by atoms with Crippen molar-refractivity contribution in [2.75, 3.05) is 12.0 Å². The van der Waals surface area contributed by atoms with Gasteiger partial charge in [0.1, 0.15) is 18.1 Å². The Bertz CT molecular complexity index is 719.